The van der Waals surface area contributed by atoms with Crippen molar-refractivity contribution in [3.63, 3.8) is 0 Å². The number of carbonyl (C=O) groups is 1. The van der Waals surface area contributed by atoms with Gasteiger partial charge in [-0.2, -0.15) is 0 Å². The van der Waals surface area contributed by atoms with Crippen LogP contribution in [0.3, 0.4) is 0 Å². The third kappa shape index (κ3) is 3.81. The number of esters is 1. The van der Waals surface area contributed by atoms with E-state index in [2.05, 4.69) is 9.97 Å². The molecule has 0 saturated carbocycles. The molecule has 1 aliphatic heterocycles. The number of rotatable bonds is 4. The van der Waals surface area contributed by atoms with E-state index in [0.29, 0.717) is 38.5 Å². The topological polar surface area (TPSA) is 78.5 Å². The van der Waals surface area contributed by atoms with Crippen LogP contribution in [0.2, 0.25) is 0 Å². The Bertz CT molecular complexity index is 568. The summed E-state index contributed by atoms with van der Waals surface area (Å²) < 4.78 is 4.97. The summed E-state index contributed by atoms with van der Waals surface area (Å²) in [5, 5.41) is 0. The number of carbonyl (C=O) groups excluding carboxylic acids is 1. The molecule has 0 bridgehead atoms. The van der Waals surface area contributed by atoms with Crippen molar-refractivity contribution in [3.8, 4) is 0 Å². The number of nitrogens with zero attached hydrogens (tertiary/aromatic N) is 3. The summed E-state index contributed by atoms with van der Waals surface area (Å²) in [7, 11) is 3.68. The van der Waals surface area contributed by atoms with Gasteiger partial charge in [-0.3, -0.25) is 19.5 Å². The number of ether oxygens (including phenoxy) is 1. The van der Waals surface area contributed by atoms with Crippen LogP contribution in [0.1, 0.15) is 18.2 Å². The molecule has 2 rings (SSSR count). The monoisotopic (exact) mass is 294 g/mol. The molecule has 0 aliphatic carbocycles. The first-order chi connectivity index (χ1) is 10.0. The highest BCUT2D eigenvalue weighted by atomic mass is 16.5. The van der Waals surface area contributed by atoms with Gasteiger partial charge in [-0.05, 0) is 13.3 Å². The van der Waals surface area contributed by atoms with Crippen LogP contribution in [0.25, 0.3) is 0 Å². The SMILES string of the molecule is CCOC(=O)CN1CCc2nc(N(C)C)[nH]c(=O)c2CC1. The molecular weight excluding hydrogens is 272 g/mol. The molecule has 1 N–H and O–H groups in total. The van der Waals surface area contributed by atoms with Crippen molar-refractivity contribution in [3.05, 3.63) is 21.6 Å². The number of aromatic nitrogens is 2. The van der Waals surface area contributed by atoms with Crippen LogP contribution >= 0.6 is 0 Å². The van der Waals surface area contributed by atoms with Crippen LogP contribution < -0.4 is 10.5 Å². The van der Waals surface area contributed by atoms with E-state index >= 15 is 0 Å². The van der Waals surface area contributed by atoms with Gasteiger partial charge in [0, 0.05) is 39.2 Å². The van der Waals surface area contributed by atoms with Gasteiger partial charge in [0.15, 0.2) is 0 Å². The lowest BCUT2D eigenvalue weighted by Gasteiger charge is -2.17. The van der Waals surface area contributed by atoms with E-state index in [1.165, 1.54) is 0 Å². The quantitative estimate of drug-likeness (QED) is 0.775. The normalized spacial score (nSPS) is 15.2. The highest BCUT2D eigenvalue weighted by Gasteiger charge is 2.20. The van der Waals surface area contributed by atoms with Gasteiger partial charge in [0.25, 0.3) is 5.56 Å². The van der Waals surface area contributed by atoms with Gasteiger partial charge in [-0.15, -0.1) is 0 Å². The smallest absolute Gasteiger partial charge is 0.320 e. The highest BCUT2D eigenvalue weighted by Crippen LogP contribution is 2.12. The second-order valence-electron chi connectivity index (χ2n) is 5.29. The fourth-order valence-electron chi connectivity index (χ4n) is 2.40. The van der Waals surface area contributed by atoms with Gasteiger partial charge in [0.05, 0.1) is 18.8 Å². The molecule has 0 amide bonds. The molecule has 0 saturated heterocycles. The molecule has 1 aromatic heterocycles. The third-order valence-electron chi connectivity index (χ3n) is 3.51. The lowest BCUT2D eigenvalue weighted by molar-refractivity contribution is -0.144. The molecule has 0 spiro atoms. The number of H-pyrrole nitrogens is 1. The van der Waals surface area contributed by atoms with Crippen LogP contribution in [0.5, 0.6) is 0 Å². The maximum absolute atomic E-state index is 12.1. The summed E-state index contributed by atoms with van der Waals surface area (Å²) >= 11 is 0. The minimum atomic E-state index is -0.223. The van der Waals surface area contributed by atoms with E-state index in [0.717, 1.165) is 11.3 Å². The first-order valence-electron chi connectivity index (χ1n) is 7.18. The summed E-state index contributed by atoms with van der Waals surface area (Å²) in [6.45, 7) is 3.82. The summed E-state index contributed by atoms with van der Waals surface area (Å²) in [6, 6.07) is 0. The standard InChI is InChI=1S/C14H22N4O3/c1-4-21-12(19)9-18-7-5-10-11(6-8-18)15-14(17(2)3)16-13(10)20/h4-9H2,1-3H3,(H,15,16,20). The predicted molar refractivity (Wildman–Crippen MR) is 79.7 cm³/mol. The van der Waals surface area contributed by atoms with Gasteiger partial charge in [0.2, 0.25) is 5.95 Å². The third-order valence-corrected chi connectivity index (χ3v) is 3.51. The zero-order valence-electron chi connectivity index (χ0n) is 12.8. The van der Waals surface area contributed by atoms with Gasteiger partial charge in [0.1, 0.15) is 0 Å². The first-order valence-corrected chi connectivity index (χ1v) is 7.18. The Kier molecular flexibility index (Phi) is 4.95. The molecule has 1 aliphatic rings. The molecule has 116 valence electrons. The number of anilines is 1. The van der Waals surface area contributed by atoms with E-state index < -0.39 is 0 Å². The molecule has 21 heavy (non-hydrogen) atoms. The van der Waals surface area contributed by atoms with Gasteiger partial charge in [-0.25, -0.2) is 4.98 Å². The fourth-order valence-corrected chi connectivity index (χ4v) is 2.40. The largest absolute Gasteiger partial charge is 0.465 e. The number of hydrogen-bond donors (Lipinski definition) is 1. The Labute approximate surface area is 123 Å². The second-order valence-corrected chi connectivity index (χ2v) is 5.29. The number of aromatic amines is 1. The van der Waals surface area contributed by atoms with Crippen LogP contribution in [-0.4, -0.2) is 61.2 Å². The fraction of sp³-hybridized carbons (Fsp3) is 0.643. The maximum Gasteiger partial charge on any atom is 0.320 e. The lowest BCUT2D eigenvalue weighted by Crippen LogP contribution is -2.33. The van der Waals surface area contributed by atoms with E-state index in [4.69, 9.17) is 4.74 Å². The van der Waals surface area contributed by atoms with Crippen molar-refractivity contribution >= 4 is 11.9 Å². The Morgan fingerprint density at radius 2 is 2.10 bits per heavy atom. The summed E-state index contributed by atoms with van der Waals surface area (Å²) in [5.41, 5.74) is 1.47. The van der Waals surface area contributed by atoms with E-state index in [9.17, 15) is 9.59 Å². The first kappa shape index (κ1) is 15.5. The average molecular weight is 294 g/mol. The van der Waals surface area contributed by atoms with Crippen LogP contribution in [-0.2, 0) is 22.4 Å². The van der Waals surface area contributed by atoms with Crippen molar-refractivity contribution in [2.24, 2.45) is 0 Å². The molecule has 2 heterocycles. The van der Waals surface area contributed by atoms with Crippen molar-refractivity contribution in [1.29, 1.82) is 0 Å². The van der Waals surface area contributed by atoms with Gasteiger partial charge < -0.3 is 9.64 Å². The molecule has 0 radical (unpaired) electrons. The highest BCUT2D eigenvalue weighted by molar-refractivity contribution is 5.71. The Balaban J connectivity index is 2.12. The number of nitrogens with one attached hydrogen (secondary N) is 1. The number of fused-ring (bicyclic) bond motifs is 1. The molecule has 0 aromatic carbocycles. The Morgan fingerprint density at radius 1 is 1.38 bits per heavy atom. The molecule has 1 aromatic rings. The molecular formula is C14H22N4O3. The lowest BCUT2D eigenvalue weighted by atomic mass is 10.1. The van der Waals surface area contributed by atoms with Crippen molar-refractivity contribution < 1.29 is 9.53 Å². The van der Waals surface area contributed by atoms with Crippen LogP contribution in [0.4, 0.5) is 5.95 Å². The van der Waals surface area contributed by atoms with Gasteiger partial charge >= 0.3 is 5.97 Å². The minimum absolute atomic E-state index is 0.0818. The summed E-state index contributed by atoms with van der Waals surface area (Å²) in [5.74, 6) is 0.344. The van der Waals surface area contributed by atoms with Gasteiger partial charge in [-0.1, -0.05) is 0 Å². The van der Waals surface area contributed by atoms with Crippen molar-refractivity contribution in [2.45, 2.75) is 19.8 Å². The van der Waals surface area contributed by atoms with Crippen LogP contribution in [0.15, 0.2) is 4.79 Å². The number of hydrogen-bond acceptors (Lipinski definition) is 6. The van der Waals surface area contributed by atoms with E-state index in [-0.39, 0.29) is 18.1 Å². The zero-order valence-corrected chi connectivity index (χ0v) is 12.8. The average Bonchev–Trinajstić information content (AvgIpc) is 2.62. The molecule has 0 fully saturated rings. The summed E-state index contributed by atoms with van der Waals surface area (Å²) in [4.78, 5) is 34.8. The van der Waals surface area contributed by atoms with Crippen LogP contribution in [0, 0.1) is 0 Å². The maximum atomic E-state index is 12.1. The molecule has 0 atom stereocenters. The van der Waals surface area contributed by atoms with Crippen molar-refractivity contribution in [2.75, 3.05) is 45.2 Å². The second kappa shape index (κ2) is 6.71. The molecule has 7 heteroatoms. The Hall–Kier alpha value is -1.89. The zero-order chi connectivity index (χ0) is 15.4. The van der Waals surface area contributed by atoms with Crippen molar-refractivity contribution in [1.82, 2.24) is 14.9 Å². The predicted octanol–water partition coefficient (Wildman–Crippen LogP) is -0.200. The van der Waals surface area contributed by atoms with E-state index in [1.54, 1.807) is 11.8 Å². The molecule has 7 nitrogen and oxygen atoms in total. The van der Waals surface area contributed by atoms with E-state index in [1.807, 2.05) is 19.0 Å². The minimum Gasteiger partial charge on any atom is -0.465 e. The Morgan fingerprint density at radius 3 is 2.76 bits per heavy atom. The summed E-state index contributed by atoms with van der Waals surface area (Å²) in [6.07, 6.45) is 1.27. The molecule has 0 unspecified atom stereocenters.